The number of carbonyl (C=O) groups is 3. The number of amides is 3. The Kier molecular flexibility index (Phi) is 6.83. The maximum Gasteiger partial charge on any atom is 0.344 e. The number of rotatable bonds is 7. The summed E-state index contributed by atoms with van der Waals surface area (Å²) >= 11 is 3.35. The van der Waals surface area contributed by atoms with Crippen molar-refractivity contribution < 1.29 is 28.2 Å². The number of hydrogen-bond donors (Lipinski definition) is 1. The van der Waals surface area contributed by atoms with Gasteiger partial charge in [-0.3, -0.25) is 9.69 Å². The van der Waals surface area contributed by atoms with E-state index in [9.17, 15) is 18.8 Å². The van der Waals surface area contributed by atoms with Crippen LogP contribution in [0.5, 0.6) is 5.75 Å². The summed E-state index contributed by atoms with van der Waals surface area (Å²) in [5, 5.41) is 2.53. The molecule has 3 rings (SSSR count). The second-order valence-electron chi connectivity index (χ2n) is 6.28. The van der Waals surface area contributed by atoms with Crippen LogP contribution < -0.4 is 10.1 Å². The van der Waals surface area contributed by atoms with Gasteiger partial charge in [0.1, 0.15) is 17.3 Å². The first kappa shape index (κ1) is 21.5. The van der Waals surface area contributed by atoms with E-state index in [4.69, 9.17) is 9.47 Å². The molecule has 0 spiro atoms. The summed E-state index contributed by atoms with van der Waals surface area (Å²) in [6.45, 7) is 1.65. The molecule has 2 aromatic carbocycles. The molecule has 156 valence electrons. The lowest BCUT2D eigenvalue weighted by molar-refractivity contribution is -0.145. The minimum absolute atomic E-state index is 0.00693. The third-order valence-corrected chi connectivity index (χ3v) is 4.63. The van der Waals surface area contributed by atoms with Gasteiger partial charge in [-0.05, 0) is 48.9 Å². The Morgan fingerprint density at radius 1 is 1.20 bits per heavy atom. The van der Waals surface area contributed by atoms with Crippen molar-refractivity contribution in [1.82, 2.24) is 10.2 Å². The molecule has 9 heteroatoms. The van der Waals surface area contributed by atoms with Gasteiger partial charge >= 0.3 is 12.0 Å². The Bertz CT molecular complexity index is 1010. The number of halogens is 2. The Balaban J connectivity index is 1.80. The van der Waals surface area contributed by atoms with E-state index in [1.807, 2.05) is 0 Å². The predicted molar refractivity (Wildman–Crippen MR) is 110 cm³/mol. The molecule has 0 unspecified atom stereocenters. The lowest BCUT2D eigenvalue weighted by Gasteiger charge is -2.12. The number of hydrogen-bond acceptors (Lipinski definition) is 5. The number of carbonyl (C=O) groups excluding carboxylic acids is 3. The standard InChI is InChI=1S/C21H18BrFN2O5/c1-2-29-19(26)12-30-18-8-5-15(22)9-14(18)10-17-20(27)25(21(28)24-17)11-13-3-6-16(23)7-4-13/h3-10H,2,11-12H2,1H3,(H,24,28)/b17-10-. The molecule has 1 aliphatic heterocycles. The predicted octanol–water partition coefficient (Wildman–Crippen LogP) is 3.62. The number of ether oxygens (including phenoxy) is 2. The third-order valence-electron chi connectivity index (χ3n) is 4.14. The van der Waals surface area contributed by atoms with E-state index in [0.29, 0.717) is 16.9 Å². The molecule has 3 amide bonds. The summed E-state index contributed by atoms with van der Waals surface area (Å²) in [4.78, 5) is 37.6. The Labute approximate surface area is 180 Å². The van der Waals surface area contributed by atoms with Crippen molar-refractivity contribution in [2.24, 2.45) is 0 Å². The smallest absolute Gasteiger partial charge is 0.344 e. The van der Waals surface area contributed by atoms with E-state index in [0.717, 1.165) is 9.37 Å². The second-order valence-corrected chi connectivity index (χ2v) is 7.20. The van der Waals surface area contributed by atoms with Gasteiger partial charge in [0.25, 0.3) is 5.91 Å². The van der Waals surface area contributed by atoms with Crippen LogP contribution in [-0.4, -0.2) is 36.0 Å². The normalized spacial score (nSPS) is 14.8. The molecule has 0 aliphatic carbocycles. The van der Waals surface area contributed by atoms with Crippen LogP contribution in [0.15, 0.2) is 52.6 Å². The fraction of sp³-hybridized carbons (Fsp3) is 0.190. The van der Waals surface area contributed by atoms with E-state index in [1.165, 1.54) is 30.3 Å². The van der Waals surface area contributed by atoms with Crippen LogP contribution in [0.25, 0.3) is 6.08 Å². The van der Waals surface area contributed by atoms with Crippen molar-refractivity contribution in [2.45, 2.75) is 13.5 Å². The first-order chi connectivity index (χ1) is 14.4. The SMILES string of the molecule is CCOC(=O)COc1ccc(Br)cc1/C=C1\NC(=O)N(Cc2ccc(F)cc2)C1=O. The van der Waals surface area contributed by atoms with E-state index in [1.54, 1.807) is 25.1 Å². The Morgan fingerprint density at radius 3 is 2.63 bits per heavy atom. The number of esters is 1. The average molecular weight is 477 g/mol. The minimum Gasteiger partial charge on any atom is -0.481 e. The van der Waals surface area contributed by atoms with Crippen molar-refractivity contribution in [3.8, 4) is 5.75 Å². The second kappa shape index (κ2) is 9.53. The van der Waals surface area contributed by atoms with Crippen molar-refractivity contribution in [1.29, 1.82) is 0 Å². The zero-order valence-corrected chi connectivity index (χ0v) is 17.6. The number of urea groups is 1. The van der Waals surface area contributed by atoms with Crippen LogP contribution in [0, 0.1) is 5.82 Å². The molecule has 0 saturated carbocycles. The van der Waals surface area contributed by atoms with Crippen molar-refractivity contribution in [2.75, 3.05) is 13.2 Å². The molecule has 1 fully saturated rings. The van der Waals surface area contributed by atoms with E-state index >= 15 is 0 Å². The summed E-state index contributed by atoms with van der Waals surface area (Å²) in [6.07, 6.45) is 1.47. The van der Waals surface area contributed by atoms with Crippen molar-refractivity contribution in [3.05, 3.63) is 69.6 Å². The molecule has 1 heterocycles. The zero-order valence-electron chi connectivity index (χ0n) is 16.0. The highest BCUT2D eigenvalue weighted by Crippen LogP contribution is 2.27. The number of imide groups is 1. The summed E-state index contributed by atoms with van der Waals surface area (Å²) in [5.74, 6) is -1.10. The van der Waals surface area contributed by atoms with Gasteiger partial charge in [-0.25, -0.2) is 14.0 Å². The molecule has 1 saturated heterocycles. The van der Waals surface area contributed by atoms with Gasteiger partial charge in [-0.1, -0.05) is 28.1 Å². The molecule has 0 atom stereocenters. The van der Waals surface area contributed by atoms with Crippen LogP contribution in [0.1, 0.15) is 18.1 Å². The van der Waals surface area contributed by atoms with Gasteiger partial charge in [-0.2, -0.15) is 0 Å². The molecular formula is C21H18BrFN2O5. The maximum absolute atomic E-state index is 13.1. The van der Waals surface area contributed by atoms with Crippen LogP contribution in [0.4, 0.5) is 9.18 Å². The highest BCUT2D eigenvalue weighted by molar-refractivity contribution is 9.10. The highest BCUT2D eigenvalue weighted by atomic mass is 79.9. The van der Waals surface area contributed by atoms with Gasteiger partial charge in [0.05, 0.1) is 13.2 Å². The van der Waals surface area contributed by atoms with Gasteiger partial charge in [0.2, 0.25) is 0 Å². The number of nitrogens with zero attached hydrogens (tertiary/aromatic N) is 1. The molecule has 1 aliphatic rings. The lowest BCUT2D eigenvalue weighted by Crippen LogP contribution is -2.30. The highest BCUT2D eigenvalue weighted by Gasteiger charge is 2.33. The third kappa shape index (κ3) is 5.24. The lowest BCUT2D eigenvalue weighted by atomic mass is 10.1. The summed E-state index contributed by atoms with van der Waals surface area (Å²) in [7, 11) is 0. The van der Waals surface area contributed by atoms with Crippen LogP contribution >= 0.6 is 15.9 Å². The summed E-state index contributed by atoms with van der Waals surface area (Å²) in [5.41, 5.74) is 1.16. The van der Waals surface area contributed by atoms with E-state index in [2.05, 4.69) is 21.2 Å². The van der Waals surface area contributed by atoms with Crippen LogP contribution in [-0.2, 0) is 20.9 Å². The van der Waals surface area contributed by atoms with E-state index < -0.39 is 23.7 Å². The van der Waals surface area contributed by atoms with Crippen molar-refractivity contribution in [3.63, 3.8) is 0 Å². The molecule has 0 radical (unpaired) electrons. The molecule has 30 heavy (non-hydrogen) atoms. The number of nitrogens with one attached hydrogen (secondary N) is 1. The molecule has 7 nitrogen and oxygen atoms in total. The number of benzene rings is 2. The Morgan fingerprint density at radius 2 is 1.93 bits per heavy atom. The van der Waals surface area contributed by atoms with Gasteiger partial charge in [0, 0.05) is 10.0 Å². The van der Waals surface area contributed by atoms with Gasteiger partial charge < -0.3 is 14.8 Å². The first-order valence-corrected chi connectivity index (χ1v) is 9.83. The first-order valence-electron chi connectivity index (χ1n) is 9.04. The van der Waals surface area contributed by atoms with Crippen molar-refractivity contribution >= 4 is 39.9 Å². The topological polar surface area (TPSA) is 84.9 Å². The quantitative estimate of drug-likeness (QED) is 0.374. The molecule has 1 N–H and O–H groups in total. The van der Waals surface area contributed by atoms with Crippen LogP contribution in [0.3, 0.4) is 0 Å². The largest absolute Gasteiger partial charge is 0.481 e. The maximum atomic E-state index is 13.1. The monoisotopic (exact) mass is 476 g/mol. The average Bonchev–Trinajstić information content (AvgIpc) is 2.96. The van der Waals surface area contributed by atoms with Gasteiger partial charge in [-0.15, -0.1) is 0 Å². The fourth-order valence-electron chi connectivity index (χ4n) is 2.75. The Hall–Kier alpha value is -3.20. The van der Waals surface area contributed by atoms with E-state index in [-0.39, 0.29) is 25.5 Å². The zero-order chi connectivity index (χ0) is 21.7. The van der Waals surface area contributed by atoms with Gasteiger partial charge in [0.15, 0.2) is 6.61 Å². The molecule has 0 bridgehead atoms. The molecule has 0 aromatic heterocycles. The summed E-state index contributed by atoms with van der Waals surface area (Å²) < 4.78 is 24.1. The minimum atomic E-state index is -0.584. The summed E-state index contributed by atoms with van der Waals surface area (Å²) in [6, 6.07) is 10.00. The molecule has 2 aromatic rings. The fourth-order valence-corrected chi connectivity index (χ4v) is 3.12. The van der Waals surface area contributed by atoms with Crippen LogP contribution in [0.2, 0.25) is 0 Å². The molecular weight excluding hydrogens is 459 g/mol.